The molecular weight excluding hydrogens is 356 g/mol. The summed E-state index contributed by atoms with van der Waals surface area (Å²) in [4.78, 5) is 17.2. The van der Waals surface area contributed by atoms with Gasteiger partial charge in [-0.1, -0.05) is 22.0 Å². The van der Waals surface area contributed by atoms with E-state index in [1.807, 2.05) is 49.7 Å². The van der Waals surface area contributed by atoms with Crippen LogP contribution in [-0.4, -0.2) is 20.7 Å². The zero-order valence-electron chi connectivity index (χ0n) is 13.2. The average Bonchev–Trinajstić information content (AvgIpc) is 2.90. The van der Waals surface area contributed by atoms with Crippen LogP contribution in [0.25, 0.3) is 11.0 Å². The van der Waals surface area contributed by atoms with Crippen molar-refractivity contribution in [2.45, 2.75) is 26.8 Å². The summed E-state index contributed by atoms with van der Waals surface area (Å²) in [6.45, 7) is 5.96. The van der Waals surface area contributed by atoms with Crippen molar-refractivity contribution in [2.75, 3.05) is 5.32 Å². The third kappa shape index (κ3) is 3.12. The lowest BCUT2D eigenvalue weighted by Crippen LogP contribution is -2.13. The number of rotatable bonds is 3. The first-order chi connectivity index (χ1) is 11.0. The molecule has 0 unspecified atom stereocenters. The maximum absolute atomic E-state index is 12.7. The molecule has 0 aliphatic carbocycles. The number of hydrogen-bond donors (Lipinski definition) is 1. The summed E-state index contributed by atoms with van der Waals surface area (Å²) in [5.41, 5.74) is 2.85. The molecule has 0 saturated carbocycles. The van der Waals surface area contributed by atoms with E-state index in [1.165, 1.54) is 0 Å². The minimum Gasteiger partial charge on any atom is -0.322 e. The molecule has 118 valence electrons. The third-order valence-electron chi connectivity index (χ3n) is 3.51. The summed E-state index contributed by atoms with van der Waals surface area (Å²) in [6.07, 6.45) is 1.71. The normalized spacial score (nSPS) is 11.2. The van der Waals surface area contributed by atoms with Gasteiger partial charge in [0.15, 0.2) is 5.65 Å². The number of anilines is 1. The van der Waals surface area contributed by atoms with Gasteiger partial charge in [-0.3, -0.25) is 4.79 Å². The van der Waals surface area contributed by atoms with Crippen LogP contribution in [0.3, 0.4) is 0 Å². The lowest BCUT2D eigenvalue weighted by Gasteiger charge is -2.09. The molecule has 23 heavy (non-hydrogen) atoms. The van der Waals surface area contributed by atoms with Crippen molar-refractivity contribution < 1.29 is 4.79 Å². The van der Waals surface area contributed by atoms with E-state index < -0.39 is 0 Å². The van der Waals surface area contributed by atoms with Crippen molar-refractivity contribution in [3.63, 3.8) is 0 Å². The Balaban J connectivity index is 2.03. The van der Waals surface area contributed by atoms with E-state index in [2.05, 4.69) is 31.3 Å². The van der Waals surface area contributed by atoms with Crippen molar-refractivity contribution >= 4 is 38.6 Å². The first kappa shape index (κ1) is 15.7. The summed E-state index contributed by atoms with van der Waals surface area (Å²) in [5, 5.41) is 8.05. The van der Waals surface area contributed by atoms with Gasteiger partial charge in [-0.15, -0.1) is 0 Å². The Labute approximate surface area is 142 Å². The molecule has 1 N–H and O–H groups in total. The van der Waals surface area contributed by atoms with Crippen molar-refractivity contribution in [3.8, 4) is 0 Å². The molecule has 1 aromatic carbocycles. The largest absolute Gasteiger partial charge is 0.322 e. The Morgan fingerprint density at radius 3 is 2.78 bits per heavy atom. The Kier molecular flexibility index (Phi) is 4.17. The average molecular weight is 373 g/mol. The monoisotopic (exact) mass is 372 g/mol. The number of carbonyl (C=O) groups is 1. The fraction of sp³-hybridized carbons (Fsp3) is 0.235. The van der Waals surface area contributed by atoms with E-state index in [9.17, 15) is 4.79 Å². The second-order valence-corrected chi connectivity index (χ2v) is 6.61. The number of amides is 1. The molecule has 0 radical (unpaired) electrons. The van der Waals surface area contributed by atoms with E-state index in [1.54, 1.807) is 12.3 Å². The van der Waals surface area contributed by atoms with E-state index in [0.29, 0.717) is 5.56 Å². The fourth-order valence-corrected chi connectivity index (χ4v) is 2.87. The molecule has 0 aliphatic rings. The Morgan fingerprint density at radius 2 is 2.09 bits per heavy atom. The molecule has 0 fully saturated rings. The fourth-order valence-electron chi connectivity index (χ4n) is 2.47. The predicted octanol–water partition coefficient (Wildman–Crippen LogP) is 4.34. The highest BCUT2D eigenvalue weighted by Gasteiger charge is 2.17. The second kappa shape index (κ2) is 6.12. The van der Waals surface area contributed by atoms with Crippen LogP contribution in [0.15, 0.2) is 41.0 Å². The molecule has 3 rings (SSSR count). The van der Waals surface area contributed by atoms with Crippen LogP contribution in [0.1, 0.15) is 35.9 Å². The zero-order chi connectivity index (χ0) is 16.6. The number of hydrogen-bond acceptors (Lipinski definition) is 3. The first-order valence-corrected chi connectivity index (χ1v) is 8.17. The topological polar surface area (TPSA) is 59.8 Å². The molecule has 6 heteroatoms. The SMILES string of the molecule is Cc1cc(C(=O)Nc2cccc(Br)c2)c2cnn(C(C)C)c2n1. The van der Waals surface area contributed by atoms with Gasteiger partial charge in [0.1, 0.15) is 0 Å². The van der Waals surface area contributed by atoms with Crippen molar-refractivity contribution in [3.05, 3.63) is 52.3 Å². The van der Waals surface area contributed by atoms with E-state index in [-0.39, 0.29) is 11.9 Å². The number of nitrogens with zero attached hydrogens (tertiary/aromatic N) is 3. The zero-order valence-corrected chi connectivity index (χ0v) is 14.8. The second-order valence-electron chi connectivity index (χ2n) is 5.70. The molecule has 0 spiro atoms. The minimum absolute atomic E-state index is 0.165. The first-order valence-electron chi connectivity index (χ1n) is 7.37. The van der Waals surface area contributed by atoms with Crippen LogP contribution in [0.4, 0.5) is 5.69 Å². The van der Waals surface area contributed by atoms with Crippen LogP contribution in [0, 0.1) is 6.92 Å². The van der Waals surface area contributed by atoms with Gasteiger partial charge in [-0.25, -0.2) is 9.67 Å². The summed E-state index contributed by atoms with van der Waals surface area (Å²) >= 11 is 3.40. The maximum Gasteiger partial charge on any atom is 0.256 e. The third-order valence-corrected chi connectivity index (χ3v) is 4.00. The van der Waals surface area contributed by atoms with Crippen molar-refractivity contribution in [2.24, 2.45) is 0 Å². The quantitative estimate of drug-likeness (QED) is 0.743. The Morgan fingerprint density at radius 1 is 1.30 bits per heavy atom. The highest BCUT2D eigenvalue weighted by Crippen LogP contribution is 2.23. The van der Waals surface area contributed by atoms with Gasteiger partial charge in [0.2, 0.25) is 0 Å². The van der Waals surface area contributed by atoms with Gasteiger partial charge >= 0.3 is 0 Å². The molecule has 2 heterocycles. The summed E-state index contributed by atoms with van der Waals surface area (Å²) in [6, 6.07) is 9.48. The molecule has 0 saturated heterocycles. The van der Waals surface area contributed by atoms with Gasteiger partial charge in [0.25, 0.3) is 5.91 Å². The van der Waals surface area contributed by atoms with E-state index in [0.717, 1.165) is 26.9 Å². The van der Waals surface area contributed by atoms with Gasteiger partial charge in [0, 0.05) is 21.9 Å². The Hall–Kier alpha value is -2.21. The Bertz CT molecular complexity index is 885. The van der Waals surface area contributed by atoms with Gasteiger partial charge in [0.05, 0.1) is 17.1 Å². The molecule has 5 nitrogen and oxygen atoms in total. The molecule has 2 aromatic heterocycles. The number of carbonyl (C=O) groups excluding carboxylic acids is 1. The lowest BCUT2D eigenvalue weighted by molar-refractivity contribution is 0.102. The van der Waals surface area contributed by atoms with Crippen molar-refractivity contribution in [1.82, 2.24) is 14.8 Å². The summed E-state index contributed by atoms with van der Waals surface area (Å²) in [5.74, 6) is -0.165. The summed E-state index contributed by atoms with van der Waals surface area (Å²) < 4.78 is 2.75. The smallest absolute Gasteiger partial charge is 0.256 e. The van der Waals surface area contributed by atoms with Crippen molar-refractivity contribution in [1.29, 1.82) is 0 Å². The van der Waals surface area contributed by atoms with Crippen LogP contribution >= 0.6 is 15.9 Å². The number of benzene rings is 1. The number of aryl methyl sites for hydroxylation is 1. The molecule has 3 aromatic rings. The number of aromatic nitrogens is 3. The number of fused-ring (bicyclic) bond motifs is 1. The van der Waals surface area contributed by atoms with Crippen LogP contribution in [0.5, 0.6) is 0 Å². The molecular formula is C17H17BrN4O. The molecule has 1 amide bonds. The lowest BCUT2D eigenvalue weighted by atomic mass is 10.1. The van der Waals surface area contributed by atoms with Crippen LogP contribution in [-0.2, 0) is 0 Å². The van der Waals surface area contributed by atoms with Gasteiger partial charge in [-0.2, -0.15) is 5.10 Å². The maximum atomic E-state index is 12.7. The van der Waals surface area contributed by atoms with Gasteiger partial charge < -0.3 is 5.32 Å². The van der Waals surface area contributed by atoms with E-state index >= 15 is 0 Å². The molecule has 0 atom stereocenters. The molecule has 0 bridgehead atoms. The number of halogens is 1. The highest BCUT2D eigenvalue weighted by atomic mass is 79.9. The standard InChI is InChI=1S/C17H17BrN4O/c1-10(2)22-16-15(9-19-22)14(7-11(3)20-16)17(23)21-13-6-4-5-12(18)8-13/h4-10H,1-3H3,(H,21,23). The predicted molar refractivity (Wildman–Crippen MR) is 94.7 cm³/mol. The van der Waals surface area contributed by atoms with E-state index in [4.69, 9.17) is 0 Å². The molecule has 0 aliphatic heterocycles. The number of nitrogens with one attached hydrogen (secondary N) is 1. The number of pyridine rings is 1. The minimum atomic E-state index is -0.165. The van der Waals surface area contributed by atoms with Gasteiger partial charge in [-0.05, 0) is 45.0 Å². The highest BCUT2D eigenvalue weighted by molar-refractivity contribution is 9.10. The van der Waals surface area contributed by atoms with Crippen LogP contribution < -0.4 is 5.32 Å². The van der Waals surface area contributed by atoms with Crippen LogP contribution in [0.2, 0.25) is 0 Å². The summed E-state index contributed by atoms with van der Waals surface area (Å²) in [7, 11) is 0.